The topological polar surface area (TPSA) is 70.1 Å². The SMILES string of the molecule is CNc1ncc(F)c(NCC(O)C(F)F)n1. The van der Waals surface area contributed by atoms with Gasteiger partial charge in [-0.05, 0) is 0 Å². The summed E-state index contributed by atoms with van der Waals surface area (Å²) in [7, 11) is 1.53. The zero-order valence-electron chi connectivity index (χ0n) is 8.41. The minimum absolute atomic E-state index is 0.149. The van der Waals surface area contributed by atoms with Crippen molar-refractivity contribution in [2.45, 2.75) is 12.5 Å². The molecule has 1 heterocycles. The molecule has 0 saturated carbocycles. The molecule has 5 nitrogen and oxygen atoms in total. The van der Waals surface area contributed by atoms with Gasteiger partial charge in [0.05, 0.1) is 6.20 Å². The lowest BCUT2D eigenvalue weighted by Crippen LogP contribution is -2.27. The Hall–Kier alpha value is -1.57. The van der Waals surface area contributed by atoms with Crippen LogP contribution < -0.4 is 10.6 Å². The molecule has 0 aromatic carbocycles. The molecule has 0 fully saturated rings. The van der Waals surface area contributed by atoms with E-state index >= 15 is 0 Å². The van der Waals surface area contributed by atoms with E-state index in [0.717, 1.165) is 6.20 Å². The first-order valence-corrected chi connectivity index (χ1v) is 4.45. The van der Waals surface area contributed by atoms with Crippen molar-refractivity contribution in [3.05, 3.63) is 12.0 Å². The van der Waals surface area contributed by atoms with E-state index in [4.69, 9.17) is 5.11 Å². The molecule has 1 aromatic rings. The van der Waals surface area contributed by atoms with Crippen molar-refractivity contribution in [3.63, 3.8) is 0 Å². The van der Waals surface area contributed by atoms with Gasteiger partial charge in [-0.15, -0.1) is 0 Å². The average Bonchev–Trinajstić information content (AvgIpc) is 2.27. The Morgan fingerprint density at radius 3 is 2.75 bits per heavy atom. The Kier molecular flexibility index (Phi) is 4.29. The van der Waals surface area contributed by atoms with Crippen LogP contribution >= 0.6 is 0 Å². The molecule has 90 valence electrons. The summed E-state index contributed by atoms with van der Waals surface area (Å²) in [6.07, 6.45) is -3.86. The number of nitrogens with one attached hydrogen (secondary N) is 2. The van der Waals surface area contributed by atoms with E-state index in [9.17, 15) is 13.2 Å². The number of rotatable bonds is 5. The predicted octanol–water partition coefficient (Wildman–Crippen LogP) is 0.695. The van der Waals surface area contributed by atoms with E-state index in [1.807, 2.05) is 0 Å². The average molecular weight is 236 g/mol. The number of nitrogens with zero attached hydrogens (tertiary/aromatic N) is 2. The maximum Gasteiger partial charge on any atom is 0.265 e. The summed E-state index contributed by atoms with van der Waals surface area (Å²) >= 11 is 0. The third-order valence-electron chi connectivity index (χ3n) is 1.74. The van der Waals surface area contributed by atoms with Crippen molar-refractivity contribution >= 4 is 11.8 Å². The number of halogens is 3. The molecule has 0 spiro atoms. The number of anilines is 2. The fourth-order valence-electron chi connectivity index (χ4n) is 0.902. The second-order valence-corrected chi connectivity index (χ2v) is 2.92. The number of aromatic nitrogens is 2. The Morgan fingerprint density at radius 2 is 2.19 bits per heavy atom. The number of hydrogen-bond acceptors (Lipinski definition) is 5. The summed E-state index contributed by atoms with van der Waals surface area (Å²) in [5, 5.41) is 13.6. The van der Waals surface area contributed by atoms with Crippen LogP contribution in [0, 0.1) is 5.82 Å². The molecule has 1 rings (SSSR count). The monoisotopic (exact) mass is 236 g/mol. The highest BCUT2D eigenvalue weighted by Gasteiger charge is 2.17. The van der Waals surface area contributed by atoms with Crippen LogP contribution in [-0.2, 0) is 0 Å². The Bertz CT molecular complexity index is 350. The second-order valence-electron chi connectivity index (χ2n) is 2.92. The van der Waals surface area contributed by atoms with Crippen molar-refractivity contribution in [1.29, 1.82) is 0 Å². The molecule has 1 atom stereocenters. The molecular formula is C8H11F3N4O. The van der Waals surface area contributed by atoms with Crippen molar-refractivity contribution in [3.8, 4) is 0 Å². The summed E-state index contributed by atoms with van der Waals surface area (Å²) in [5.41, 5.74) is 0. The minimum atomic E-state index is -2.89. The molecule has 1 unspecified atom stereocenters. The summed E-state index contributed by atoms with van der Waals surface area (Å²) in [4.78, 5) is 7.23. The minimum Gasteiger partial charge on any atom is -0.385 e. The highest BCUT2D eigenvalue weighted by atomic mass is 19.3. The maximum absolute atomic E-state index is 13.1. The number of aliphatic hydroxyl groups excluding tert-OH is 1. The van der Waals surface area contributed by atoms with Gasteiger partial charge in [0.2, 0.25) is 5.95 Å². The second kappa shape index (κ2) is 5.50. The van der Waals surface area contributed by atoms with Gasteiger partial charge >= 0.3 is 0 Å². The van der Waals surface area contributed by atoms with Crippen LogP contribution in [0.1, 0.15) is 0 Å². The van der Waals surface area contributed by atoms with Gasteiger partial charge in [-0.3, -0.25) is 0 Å². The number of aliphatic hydroxyl groups is 1. The molecule has 0 radical (unpaired) electrons. The first-order chi connectivity index (χ1) is 7.54. The van der Waals surface area contributed by atoms with E-state index in [1.54, 1.807) is 0 Å². The van der Waals surface area contributed by atoms with Crippen LogP contribution in [0.15, 0.2) is 6.20 Å². The molecule has 0 saturated heterocycles. The number of hydrogen-bond donors (Lipinski definition) is 3. The Morgan fingerprint density at radius 1 is 1.50 bits per heavy atom. The maximum atomic E-state index is 13.1. The lowest BCUT2D eigenvalue weighted by atomic mass is 10.3. The van der Waals surface area contributed by atoms with E-state index in [-0.39, 0.29) is 11.8 Å². The third kappa shape index (κ3) is 3.23. The molecule has 0 bridgehead atoms. The van der Waals surface area contributed by atoms with E-state index in [0.29, 0.717) is 0 Å². The zero-order valence-corrected chi connectivity index (χ0v) is 8.41. The Labute approximate surface area is 89.7 Å². The summed E-state index contributed by atoms with van der Waals surface area (Å²) < 4.78 is 37.0. The normalized spacial score (nSPS) is 12.6. The molecule has 0 aliphatic carbocycles. The molecule has 0 amide bonds. The van der Waals surface area contributed by atoms with Gasteiger partial charge in [0, 0.05) is 13.6 Å². The number of alkyl halides is 2. The van der Waals surface area contributed by atoms with Crippen LogP contribution in [0.5, 0.6) is 0 Å². The molecule has 16 heavy (non-hydrogen) atoms. The van der Waals surface area contributed by atoms with Crippen LogP contribution in [0.4, 0.5) is 24.9 Å². The van der Waals surface area contributed by atoms with Crippen LogP contribution in [-0.4, -0.2) is 41.2 Å². The van der Waals surface area contributed by atoms with Gasteiger partial charge in [-0.25, -0.2) is 18.2 Å². The van der Waals surface area contributed by atoms with Gasteiger partial charge in [0.1, 0.15) is 6.10 Å². The summed E-state index contributed by atoms with van der Waals surface area (Å²) in [6.45, 7) is -0.491. The lowest BCUT2D eigenvalue weighted by Gasteiger charge is -2.11. The fraction of sp³-hybridized carbons (Fsp3) is 0.500. The first kappa shape index (κ1) is 12.5. The standard InChI is InChI=1S/C8H11F3N4O/c1-12-8-14-2-4(9)7(15-8)13-3-5(16)6(10)11/h2,5-6,16H,3H2,1H3,(H2,12,13,14,15). The highest BCUT2D eigenvalue weighted by Crippen LogP contribution is 2.12. The van der Waals surface area contributed by atoms with Crippen molar-refractivity contribution < 1.29 is 18.3 Å². The van der Waals surface area contributed by atoms with Gasteiger partial charge in [-0.1, -0.05) is 0 Å². The largest absolute Gasteiger partial charge is 0.385 e. The summed E-state index contributed by atoms with van der Waals surface area (Å²) in [6, 6.07) is 0. The van der Waals surface area contributed by atoms with Crippen molar-refractivity contribution in [2.24, 2.45) is 0 Å². The molecule has 0 aliphatic rings. The highest BCUT2D eigenvalue weighted by molar-refractivity contribution is 5.40. The van der Waals surface area contributed by atoms with E-state index in [2.05, 4.69) is 20.6 Å². The van der Waals surface area contributed by atoms with Crippen molar-refractivity contribution in [1.82, 2.24) is 9.97 Å². The quantitative estimate of drug-likeness (QED) is 0.702. The van der Waals surface area contributed by atoms with Crippen LogP contribution in [0.25, 0.3) is 0 Å². The third-order valence-corrected chi connectivity index (χ3v) is 1.74. The molecule has 1 aromatic heterocycles. The van der Waals surface area contributed by atoms with E-state index in [1.165, 1.54) is 7.05 Å². The first-order valence-electron chi connectivity index (χ1n) is 4.45. The fourth-order valence-corrected chi connectivity index (χ4v) is 0.902. The molecule has 3 N–H and O–H groups in total. The van der Waals surface area contributed by atoms with Crippen LogP contribution in [0.3, 0.4) is 0 Å². The van der Waals surface area contributed by atoms with Crippen LogP contribution in [0.2, 0.25) is 0 Å². The van der Waals surface area contributed by atoms with Crippen molar-refractivity contribution in [2.75, 3.05) is 24.2 Å². The smallest absolute Gasteiger partial charge is 0.265 e. The van der Waals surface area contributed by atoms with Gasteiger partial charge in [0.25, 0.3) is 6.43 Å². The Balaban J connectivity index is 2.65. The van der Waals surface area contributed by atoms with E-state index < -0.39 is 24.9 Å². The lowest BCUT2D eigenvalue weighted by molar-refractivity contribution is 0.00377. The predicted molar refractivity (Wildman–Crippen MR) is 52.0 cm³/mol. The molecule has 8 heteroatoms. The van der Waals surface area contributed by atoms with Gasteiger partial charge in [0.15, 0.2) is 11.6 Å². The molecule has 0 aliphatic heterocycles. The van der Waals surface area contributed by atoms with Gasteiger partial charge < -0.3 is 15.7 Å². The zero-order chi connectivity index (χ0) is 12.1. The van der Waals surface area contributed by atoms with Gasteiger partial charge in [-0.2, -0.15) is 4.98 Å². The molecular weight excluding hydrogens is 225 g/mol. The summed E-state index contributed by atoms with van der Waals surface area (Å²) in [5.74, 6) is -0.866.